The molecular formula is C15H22N2O3S2. The zero-order valence-corrected chi connectivity index (χ0v) is 14.5. The molecule has 22 heavy (non-hydrogen) atoms. The van der Waals surface area contributed by atoms with Crippen molar-refractivity contribution in [2.24, 2.45) is 0 Å². The largest absolute Gasteiger partial charge is 0.383 e. The molecule has 1 N–H and O–H groups in total. The van der Waals surface area contributed by atoms with Crippen LogP contribution < -0.4 is 5.32 Å². The minimum absolute atomic E-state index is 0.0781. The summed E-state index contributed by atoms with van der Waals surface area (Å²) in [6.07, 6.45) is 0.613. The first kappa shape index (κ1) is 17.2. The molecule has 0 aliphatic carbocycles. The summed E-state index contributed by atoms with van der Waals surface area (Å²) in [5.41, 5.74) is 2.08. The van der Waals surface area contributed by atoms with Gasteiger partial charge in [-0.25, -0.2) is 8.42 Å². The molecule has 0 saturated carbocycles. The molecule has 0 amide bonds. The van der Waals surface area contributed by atoms with Crippen molar-refractivity contribution in [2.45, 2.75) is 19.4 Å². The van der Waals surface area contributed by atoms with Crippen molar-refractivity contribution in [3.8, 4) is 0 Å². The normalized spacial score (nSPS) is 19.8. The Bertz CT molecular complexity index is 614. The molecular weight excluding hydrogens is 320 g/mol. The van der Waals surface area contributed by atoms with Crippen LogP contribution in [0.3, 0.4) is 0 Å². The van der Waals surface area contributed by atoms with Gasteiger partial charge in [0, 0.05) is 25.4 Å². The van der Waals surface area contributed by atoms with E-state index in [1.807, 2.05) is 36.1 Å². The van der Waals surface area contributed by atoms with Crippen molar-refractivity contribution in [3.05, 3.63) is 29.8 Å². The van der Waals surface area contributed by atoms with Crippen molar-refractivity contribution in [2.75, 3.05) is 37.1 Å². The molecule has 1 aromatic carbocycles. The zero-order chi connectivity index (χ0) is 16.2. The second-order valence-electron chi connectivity index (χ2n) is 5.54. The van der Waals surface area contributed by atoms with E-state index in [1.165, 1.54) is 5.56 Å². The summed E-state index contributed by atoms with van der Waals surface area (Å²) < 4.78 is 28.6. The van der Waals surface area contributed by atoms with Crippen molar-refractivity contribution < 1.29 is 13.2 Å². The molecule has 0 bridgehead atoms. The lowest BCUT2D eigenvalue weighted by Gasteiger charge is -2.30. The van der Waals surface area contributed by atoms with Gasteiger partial charge in [0.25, 0.3) is 0 Å². The van der Waals surface area contributed by atoms with Gasteiger partial charge in [-0.15, -0.1) is 0 Å². The van der Waals surface area contributed by atoms with E-state index in [4.69, 9.17) is 17.0 Å². The van der Waals surface area contributed by atoms with E-state index < -0.39 is 9.84 Å². The number of nitrogens with zero attached hydrogens (tertiary/aromatic N) is 1. The van der Waals surface area contributed by atoms with Crippen LogP contribution in [-0.4, -0.2) is 56.2 Å². The van der Waals surface area contributed by atoms with Gasteiger partial charge in [0.15, 0.2) is 14.9 Å². The van der Waals surface area contributed by atoms with Crippen molar-refractivity contribution in [3.63, 3.8) is 0 Å². The first-order valence-corrected chi connectivity index (χ1v) is 9.48. The highest BCUT2D eigenvalue weighted by molar-refractivity contribution is 7.91. The van der Waals surface area contributed by atoms with Gasteiger partial charge in [-0.1, -0.05) is 17.7 Å². The molecule has 1 aliphatic rings. The predicted molar refractivity (Wildman–Crippen MR) is 93.0 cm³/mol. The van der Waals surface area contributed by atoms with Crippen molar-refractivity contribution >= 4 is 32.9 Å². The van der Waals surface area contributed by atoms with Crippen LogP contribution in [0.25, 0.3) is 0 Å². The molecule has 1 heterocycles. The summed E-state index contributed by atoms with van der Waals surface area (Å²) in [5, 5.41) is 3.73. The molecule has 1 fully saturated rings. The third-order valence-corrected chi connectivity index (χ3v) is 5.84. The molecule has 0 unspecified atom stereocenters. The average molecular weight is 342 g/mol. The van der Waals surface area contributed by atoms with Crippen LogP contribution in [0.4, 0.5) is 5.69 Å². The lowest BCUT2D eigenvalue weighted by atomic mass is 10.2. The van der Waals surface area contributed by atoms with Crippen molar-refractivity contribution in [1.82, 2.24) is 4.90 Å². The molecule has 1 atom stereocenters. The van der Waals surface area contributed by atoms with E-state index in [2.05, 4.69) is 5.32 Å². The highest BCUT2D eigenvalue weighted by Gasteiger charge is 2.33. The smallest absolute Gasteiger partial charge is 0.173 e. The molecule has 0 aromatic heterocycles. The van der Waals surface area contributed by atoms with Crippen LogP contribution >= 0.6 is 12.2 Å². The maximum absolute atomic E-state index is 11.7. The molecule has 2 rings (SSSR count). The fourth-order valence-electron chi connectivity index (χ4n) is 2.49. The number of methoxy groups -OCH3 is 1. The van der Waals surface area contributed by atoms with Crippen LogP contribution in [0.1, 0.15) is 12.0 Å². The number of anilines is 1. The number of ether oxygens (including phenoxy) is 1. The minimum Gasteiger partial charge on any atom is -0.383 e. The fourth-order valence-corrected chi connectivity index (χ4v) is 4.58. The first-order chi connectivity index (χ1) is 10.4. The Morgan fingerprint density at radius 2 is 2.09 bits per heavy atom. The average Bonchev–Trinajstić information content (AvgIpc) is 2.82. The number of nitrogens with one attached hydrogen (secondary N) is 1. The summed E-state index contributed by atoms with van der Waals surface area (Å²) in [7, 11) is -1.32. The Hall–Kier alpha value is -1.18. The van der Waals surface area contributed by atoms with Crippen LogP contribution in [0.15, 0.2) is 24.3 Å². The number of aryl methyl sites for hydroxylation is 1. The number of hydrogen-bond donors (Lipinski definition) is 1. The Morgan fingerprint density at radius 3 is 2.64 bits per heavy atom. The minimum atomic E-state index is -2.95. The van der Waals surface area contributed by atoms with Crippen molar-refractivity contribution in [1.29, 1.82) is 0 Å². The number of sulfone groups is 1. The van der Waals surface area contributed by atoms with E-state index in [0.717, 1.165) is 5.69 Å². The van der Waals surface area contributed by atoms with Gasteiger partial charge in [0.05, 0.1) is 18.1 Å². The summed E-state index contributed by atoms with van der Waals surface area (Å²) >= 11 is 5.48. The quantitative estimate of drug-likeness (QED) is 0.824. The lowest BCUT2D eigenvalue weighted by molar-refractivity contribution is 0.166. The second-order valence-corrected chi connectivity index (χ2v) is 8.15. The Balaban J connectivity index is 2.07. The second kappa shape index (κ2) is 7.39. The Morgan fingerprint density at radius 1 is 1.41 bits per heavy atom. The molecule has 122 valence electrons. The van der Waals surface area contributed by atoms with Gasteiger partial charge < -0.3 is 15.0 Å². The highest BCUT2D eigenvalue weighted by atomic mass is 32.2. The van der Waals surface area contributed by atoms with Gasteiger partial charge in [-0.05, 0) is 37.7 Å². The summed E-state index contributed by atoms with van der Waals surface area (Å²) in [5.74, 6) is 0.390. The van der Waals surface area contributed by atoms with Crippen LogP contribution in [-0.2, 0) is 14.6 Å². The van der Waals surface area contributed by atoms with Gasteiger partial charge in [0.2, 0.25) is 0 Å². The number of rotatable bonds is 5. The topological polar surface area (TPSA) is 58.6 Å². The Kier molecular flexibility index (Phi) is 5.77. The Labute approximate surface area is 137 Å². The molecule has 0 radical (unpaired) electrons. The lowest BCUT2D eigenvalue weighted by Crippen LogP contribution is -2.45. The third-order valence-electron chi connectivity index (χ3n) is 3.75. The van der Waals surface area contributed by atoms with E-state index in [-0.39, 0.29) is 17.5 Å². The van der Waals surface area contributed by atoms with Gasteiger partial charge in [-0.3, -0.25) is 0 Å². The fraction of sp³-hybridized carbons (Fsp3) is 0.533. The van der Waals surface area contributed by atoms with E-state index >= 15 is 0 Å². The van der Waals surface area contributed by atoms with E-state index in [1.54, 1.807) is 7.11 Å². The van der Waals surface area contributed by atoms with Gasteiger partial charge in [-0.2, -0.15) is 0 Å². The SMILES string of the molecule is COCCN(C(=S)Nc1ccc(C)cc1)[C@@H]1CCS(=O)(=O)C1. The molecule has 1 aliphatic heterocycles. The summed E-state index contributed by atoms with van der Waals surface area (Å²) in [6, 6.07) is 7.85. The number of thiocarbonyl (C=S) groups is 1. The molecule has 5 nitrogen and oxygen atoms in total. The molecule has 0 spiro atoms. The third kappa shape index (κ3) is 4.66. The van der Waals surface area contributed by atoms with Crippen LogP contribution in [0, 0.1) is 6.92 Å². The van der Waals surface area contributed by atoms with E-state index in [9.17, 15) is 8.42 Å². The number of hydrogen-bond acceptors (Lipinski definition) is 4. The van der Waals surface area contributed by atoms with Gasteiger partial charge in [0.1, 0.15) is 0 Å². The molecule has 1 saturated heterocycles. The maximum atomic E-state index is 11.7. The predicted octanol–water partition coefficient (Wildman–Crippen LogP) is 1.83. The monoisotopic (exact) mass is 342 g/mol. The summed E-state index contributed by atoms with van der Waals surface area (Å²) in [4.78, 5) is 1.93. The van der Waals surface area contributed by atoms with Crippen LogP contribution in [0.2, 0.25) is 0 Å². The zero-order valence-electron chi connectivity index (χ0n) is 12.9. The van der Waals surface area contributed by atoms with E-state index in [0.29, 0.717) is 24.7 Å². The molecule has 1 aromatic rings. The van der Waals surface area contributed by atoms with Gasteiger partial charge >= 0.3 is 0 Å². The number of benzene rings is 1. The highest BCUT2D eigenvalue weighted by Crippen LogP contribution is 2.19. The standard InChI is InChI=1S/C15H22N2O3S2/c1-12-3-5-13(6-4-12)16-15(21)17(8-9-20-2)14-7-10-22(18,19)11-14/h3-6,14H,7-11H2,1-2H3,(H,16,21)/t14-/m1/s1. The van der Waals surface area contributed by atoms with Crippen LogP contribution in [0.5, 0.6) is 0 Å². The summed E-state index contributed by atoms with van der Waals surface area (Å²) in [6.45, 7) is 3.11. The molecule has 7 heteroatoms. The first-order valence-electron chi connectivity index (χ1n) is 7.25. The maximum Gasteiger partial charge on any atom is 0.173 e.